The van der Waals surface area contributed by atoms with Crippen LogP contribution in [0.3, 0.4) is 0 Å². The largest absolute Gasteiger partial charge is 0.484 e. The summed E-state index contributed by atoms with van der Waals surface area (Å²) in [5.41, 5.74) is -0.137. The van der Waals surface area contributed by atoms with Crippen molar-refractivity contribution in [2.45, 2.75) is 45.4 Å². The molecule has 1 N–H and O–H groups in total. The van der Waals surface area contributed by atoms with Gasteiger partial charge in [0.1, 0.15) is 5.75 Å². The van der Waals surface area contributed by atoms with Gasteiger partial charge in [0.05, 0.1) is 12.2 Å². The van der Waals surface area contributed by atoms with Crippen molar-refractivity contribution < 1.29 is 14.3 Å². The Balaban J connectivity index is 1.78. The molecule has 0 radical (unpaired) electrons. The fourth-order valence-corrected chi connectivity index (χ4v) is 2.96. The van der Waals surface area contributed by atoms with E-state index >= 15 is 0 Å². The molecule has 2 rings (SSSR count). The van der Waals surface area contributed by atoms with Gasteiger partial charge in [-0.3, -0.25) is 9.69 Å². The van der Waals surface area contributed by atoms with E-state index in [0.29, 0.717) is 17.3 Å². The Morgan fingerprint density at radius 1 is 1.29 bits per heavy atom. The van der Waals surface area contributed by atoms with Crippen molar-refractivity contribution in [2.75, 3.05) is 26.2 Å². The first-order valence-corrected chi connectivity index (χ1v) is 8.69. The summed E-state index contributed by atoms with van der Waals surface area (Å²) < 4.78 is 11.2. The number of carbonyl (C=O) groups is 1. The van der Waals surface area contributed by atoms with Crippen molar-refractivity contribution in [1.82, 2.24) is 10.2 Å². The Morgan fingerprint density at radius 2 is 1.88 bits per heavy atom. The van der Waals surface area contributed by atoms with Gasteiger partial charge in [0.25, 0.3) is 5.91 Å². The number of ether oxygens (including phenoxy) is 2. The molecule has 6 heteroatoms. The van der Waals surface area contributed by atoms with E-state index in [9.17, 15) is 4.79 Å². The summed E-state index contributed by atoms with van der Waals surface area (Å²) in [6, 6.07) is 6.96. The molecule has 5 nitrogen and oxygen atoms in total. The molecule has 2 atom stereocenters. The van der Waals surface area contributed by atoms with Crippen LogP contribution in [0.5, 0.6) is 5.75 Å². The summed E-state index contributed by atoms with van der Waals surface area (Å²) in [5.74, 6) is 0.497. The zero-order chi connectivity index (χ0) is 17.7. The van der Waals surface area contributed by atoms with E-state index in [-0.39, 0.29) is 30.3 Å². The monoisotopic (exact) mass is 354 g/mol. The lowest BCUT2D eigenvalue weighted by atomic mass is 10.00. The SMILES string of the molecule is CC1CN(C(C)(C)CNC(=O)COc2ccc(Cl)cc2)CC(C)O1. The van der Waals surface area contributed by atoms with Crippen molar-refractivity contribution in [3.8, 4) is 5.75 Å². The fourth-order valence-electron chi connectivity index (χ4n) is 2.83. The van der Waals surface area contributed by atoms with Crippen LogP contribution in [0, 0.1) is 0 Å². The van der Waals surface area contributed by atoms with Crippen molar-refractivity contribution in [1.29, 1.82) is 0 Å². The van der Waals surface area contributed by atoms with Crippen LogP contribution in [-0.4, -0.2) is 54.8 Å². The highest BCUT2D eigenvalue weighted by atomic mass is 35.5. The number of nitrogens with one attached hydrogen (secondary N) is 1. The topological polar surface area (TPSA) is 50.8 Å². The van der Waals surface area contributed by atoms with Gasteiger partial charge >= 0.3 is 0 Å². The van der Waals surface area contributed by atoms with E-state index < -0.39 is 0 Å². The van der Waals surface area contributed by atoms with Gasteiger partial charge < -0.3 is 14.8 Å². The summed E-state index contributed by atoms with van der Waals surface area (Å²) in [6.45, 7) is 10.7. The van der Waals surface area contributed by atoms with Gasteiger partial charge in [0.15, 0.2) is 6.61 Å². The number of benzene rings is 1. The molecule has 1 heterocycles. The standard InChI is InChI=1S/C18H27ClN2O3/c1-13-9-21(10-14(2)24-13)18(3,4)12-20-17(22)11-23-16-7-5-15(19)6-8-16/h5-8,13-14H,9-12H2,1-4H3,(H,20,22). The second-order valence-corrected chi connectivity index (χ2v) is 7.43. The average molecular weight is 355 g/mol. The van der Waals surface area contributed by atoms with Crippen LogP contribution in [0.1, 0.15) is 27.7 Å². The molecule has 134 valence electrons. The number of carbonyl (C=O) groups excluding carboxylic acids is 1. The minimum absolute atomic E-state index is 0.00632. The first-order chi connectivity index (χ1) is 11.3. The third-order valence-electron chi connectivity index (χ3n) is 4.18. The average Bonchev–Trinajstić information content (AvgIpc) is 2.51. The smallest absolute Gasteiger partial charge is 0.258 e. The van der Waals surface area contributed by atoms with Crippen LogP contribution in [-0.2, 0) is 9.53 Å². The van der Waals surface area contributed by atoms with Gasteiger partial charge in [0.2, 0.25) is 0 Å². The Hall–Kier alpha value is -1.30. The van der Waals surface area contributed by atoms with Crippen LogP contribution in [0.4, 0.5) is 0 Å². The molecule has 1 amide bonds. The molecule has 0 aliphatic carbocycles. The van der Waals surface area contributed by atoms with Crippen molar-refractivity contribution in [3.63, 3.8) is 0 Å². The maximum Gasteiger partial charge on any atom is 0.258 e. The van der Waals surface area contributed by atoms with E-state index in [1.54, 1.807) is 24.3 Å². The highest BCUT2D eigenvalue weighted by molar-refractivity contribution is 6.30. The van der Waals surface area contributed by atoms with Gasteiger partial charge in [-0.25, -0.2) is 0 Å². The van der Waals surface area contributed by atoms with Gasteiger partial charge in [-0.2, -0.15) is 0 Å². The third-order valence-corrected chi connectivity index (χ3v) is 4.43. The molecular formula is C18H27ClN2O3. The maximum atomic E-state index is 12.0. The molecular weight excluding hydrogens is 328 g/mol. The molecule has 0 aromatic heterocycles. The number of morpholine rings is 1. The number of nitrogens with zero attached hydrogens (tertiary/aromatic N) is 1. The Kier molecular flexibility index (Phi) is 6.49. The molecule has 0 saturated carbocycles. The second-order valence-electron chi connectivity index (χ2n) is 6.99. The fraction of sp³-hybridized carbons (Fsp3) is 0.611. The van der Waals surface area contributed by atoms with Crippen LogP contribution in [0.15, 0.2) is 24.3 Å². The van der Waals surface area contributed by atoms with Gasteiger partial charge in [-0.1, -0.05) is 11.6 Å². The van der Waals surface area contributed by atoms with Gasteiger partial charge in [-0.15, -0.1) is 0 Å². The predicted molar refractivity (Wildman–Crippen MR) is 95.6 cm³/mol. The number of amides is 1. The minimum atomic E-state index is -0.137. The molecule has 1 aromatic rings. The molecule has 0 spiro atoms. The zero-order valence-electron chi connectivity index (χ0n) is 14.8. The molecule has 1 aliphatic heterocycles. The first-order valence-electron chi connectivity index (χ1n) is 8.32. The zero-order valence-corrected chi connectivity index (χ0v) is 15.6. The lowest BCUT2D eigenvalue weighted by molar-refractivity contribution is -0.124. The van der Waals surface area contributed by atoms with Crippen LogP contribution in [0.2, 0.25) is 5.02 Å². The van der Waals surface area contributed by atoms with E-state index in [0.717, 1.165) is 13.1 Å². The van der Waals surface area contributed by atoms with Crippen LogP contribution < -0.4 is 10.1 Å². The lowest BCUT2D eigenvalue weighted by Crippen LogP contribution is -2.58. The highest BCUT2D eigenvalue weighted by Crippen LogP contribution is 2.20. The molecule has 0 bridgehead atoms. The molecule has 1 saturated heterocycles. The summed E-state index contributed by atoms with van der Waals surface area (Å²) in [6.07, 6.45) is 0.411. The van der Waals surface area contributed by atoms with Crippen LogP contribution >= 0.6 is 11.6 Å². The van der Waals surface area contributed by atoms with Gasteiger partial charge in [-0.05, 0) is 52.0 Å². The number of halogens is 1. The normalized spacial score (nSPS) is 22.2. The Labute approximate surface area is 149 Å². The first kappa shape index (κ1) is 19.0. The Morgan fingerprint density at radius 3 is 2.46 bits per heavy atom. The van der Waals surface area contributed by atoms with E-state index in [1.165, 1.54) is 0 Å². The van der Waals surface area contributed by atoms with E-state index in [2.05, 4.69) is 37.9 Å². The molecule has 24 heavy (non-hydrogen) atoms. The van der Waals surface area contributed by atoms with Crippen molar-refractivity contribution in [2.24, 2.45) is 0 Å². The van der Waals surface area contributed by atoms with E-state index in [1.807, 2.05) is 0 Å². The summed E-state index contributed by atoms with van der Waals surface area (Å²) >= 11 is 5.82. The number of hydrogen-bond donors (Lipinski definition) is 1. The minimum Gasteiger partial charge on any atom is -0.484 e. The molecule has 1 fully saturated rings. The van der Waals surface area contributed by atoms with Crippen LogP contribution in [0.25, 0.3) is 0 Å². The maximum absolute atomic E-state index is 12.0. The summed E-state index contributed by atoms with van der Waals surface area (Å²) in [7, 11) is 0. The summed E-state index contributed by atoms with van der Waals surface area (Å²) in [4.78, 5) is 14.4. The second kappa shape index (κ2) is 8.19. The number of rotatable bonds is 6. The third kappa shape index (κ3) is 5.65. The highest BCUT2D eigenvalue weighted by Gasteiger charge is 2.33. The lowest BCUT2D eigenvalue weighted by Gasteiger charge is -2.45. The molecule has 1 aromatic carbocycles. The van der Waals surface area contributed by atoms with Gasteiger partial charge in [0, 0.05) is 30.2 Å². The predicted octanol–water partition coefficient (Wildman–Crippen LogP) is 2.72. The Bertz CT molecular complexity index is 538. The quantitative estimate of drug-likeness (QED) is 0.853. The summed E-state index contributed by atoms with van der Waals surface area (Å²) in [5, 5.41) is 3.60. The van der Waals surface area contributed by atoms with E-state index in [4.69, 9.17) is 21.1 Å². The van der Waals surface area contributed by atoms with Crippen molar-refractivity contribution in [3.05, 3.63) is 29.3 Å². The molecule has 2 unspecified atom stereocenters. The molecule has 1 aliphatic rings. The van der Waals surface area contributed by atoms with Crippen molar-refractivity contribution >= 4 is 17.5 Å². The number of hydrogen-bond acceptors (Lipinski definition) is 4.